The van der Waals surface area contributed by atoms with Gasteiger partial charge in [-0.3, -0.25) is 9.59 Å². The monoisotopic (exact) mass is 637 g/mol. The Kier molecular flexibility index (Phi) is 8.18. The molecule has 36 heavy (non-hydrogen) atoms. The molecule has 11 heteroatoms. The zero-order valence-electron chi connectivity index (χ0n) is 19.9. The van der Waals surface area contributed by atoms with Crippen molar-refractivity contribution in [1.82, 2.24) is 24.8 Å². The average molecular weight is 640 g/mol. The lowest BCUT2D eigenvalue weighted by atomic mass is 9.92. The molecular weight excluding hydrogens is 614 g/mol. The lowest BCUT2D eigenvalue weighted by Gasteiger charge is -2.26. The number of hydrogen-bond acceptors (Lipinski definition) is 5. The van der Waals surface area contributed by atoms with E-state index in [0.29, 0.717) is 54.3 Å². The van der Waals surface area contributed by atoms with E-state index < -0.39 is 5.60 Å². The van der Waals surface area contributed by atoms with Gasteiger partial charge in [0.05, 0.1) is 23.5 Å². The molecule has 2 aromatic carbocycles. The Bertz CT molecular complexity index is 1300. The van der Waals surface area contributed by atoms with E-state index in [1.807, 2.05) is 31.2 Å². The van der Waals surface area contributed by atoms with E-state index in [9.17, 15) is 14.7 Å². The highest BCUT2D eigenvalue weighted by atomic mass is 79.9. The first-order chi connectivity index (χ1) is 17.1. The molecule has 8 nitrogen and oxygen atoms in total. The first-order valence-corrected chi connectivity index (χ1v) is 13.4. The van der Waals surface area contributed by atoms with Crippen LogP contribution in [0.2, 0.25) is 5.02 Å². The second-order valence-corrected chi connectivity index (χ2v) is 11.3. The lowest BCUT2D eigenvalue weighted by molar-refractivity contribution is -0.131. The minimum atomic E-state index is -1.22. The molecule has 190 valence electrons. The zero-order chi connectivity index (χ0) is 26.0. The molecule has 0 aliphatic carbocycles. The Morgan fingerprint density at radius 2 is 1.86 bits per heavy atom. The molecule has 1 aromatic heterocycles. The van der Waals surface area contributed by atoms with Gasteiger partial charge in [-0.2, -0.15) is 0 Å². The second kappa shape index (κ2) is 11.0. The number of hydrogen-bond donors (Lipinski definition) is 1. The fraction of sp³-hybridized carbons (Fsp3) is 0.360. The van der Waals surface area contributed by atoms with Crippen molar-refractivity contribution < 1.29 is 14.7 Å². The van der Waals surface area contributed by atoms with Gasteiger partial charge in [0, 0.05) is 34.6 Å². The highest BCUT2D eigenvalue weighted by Gasteiger charge is 2.36. The van der Waals surface area contributed by atoms with E-state index in [2.05, 4.69) is 42.2 Å². The molecule has 1 unspecified atom stereocenters. The fourth-order valence-corrected chi connectivity index (χ4v) is 5.41. The molecule has 1 atom stereocenters. The van der Waals surface area contributed by atoms with Gasteiger partial charge in [-0.15, -0.1) is 5.10 Å². The number of amides is 2. The molecule has 1 aliphatic heterocycles. The predicted molar refractivity (Wildman–Crippen MR) is 144 cm³/mol. The summed E-state index contributed by atoms with van der Waals surface area (Å²) in [7, 11) is 1.63. The van der Waals surface area contributed by atoms with Crippen LogP contribution in [0.15, 0.2) is 51.5 Å². The van der Waals surface area contributed by atoms with Crippen molar-refractivity contribution in [3.05, 3.63) is 73.4 Å². The van der Waals surface area contributed by atoms with Crippen LogP contribution in [0.5, 0.6) is 0 Å². The van der Waals surface area contributed by atoms with Gasteiger partial charge in [0.15, 0.2) is 0 Å². The molecule has 3 aromatic rings. The van der Waals surface area contributed by atoms with Gasteiger partial charge in [0.2, 0.25) is 5.91 Å². The zero-order valence-corrected chi connectivity index (χ0v) is 23.8. The number of rotatable bonds is 5. The summed E-state index contributed by atoms with van der Waals surface area (Å²) in [6.07, 6.45) is 3.03. The summed E-state index contributed by atoms with van der Waals surface area (Å²) < 4.78 is 3.20. The molecule has 1 saturated heterocycles. The van der Waals surface area contributed by atoms with Gasteiger partial charge in [-0.05, 0) is 62.1 Å². The molecule has 0 bridgehead atoms. The topological polar surface area (TPSA) is 91.6 Å². The summed E-state index contributed by atoms with van der Waals surface area (Å²) in [5.74, 6) is -0.371. The van der Waals surface area contributed by atoms with Crippen molar-refractivity contribution in [1.29, 1.82) is 0 Å². The Morgan fingerprint density at radius 1 is 1.14 bits per heavy atom. The fourth-order valence-electron chi connectivity index (χ4n) is 4.29. The number of carbonyl (C=O) groups is 2. The van der Waals surface area contributed by atoms with Gasteiger partial charge in [0.25, 0.3) is 5.91 Å². The molecule has 4 rings (SSSR count). The average Bonchev–Trinajstić information content (AvgIpc) is 3.24. The van der Waals surface area contributed by atoms with Crippen molar-refractivity contribution >= 4 is 55.3 Å². The third-order valence-corrected chi connectivity index (χ3v) is 7.73. The molecule has 2 amide bonds. The summed E-state index contributed by atoms with van der Waals surface area (Å²) in [5, 5.41) is 20.3. The Morgan fingerprint density at radius 3 is 2.61 bits per heavy atom. The van der Waals surface area contributed by atoms with Crippen LogP contribution in [-0.4, -0.2) is 68.4 Å². The normalized spacial score (nSPS) is 18.1. The minimum Gasteiger partial charge on any atom is -0.383 e. The first kappa shape index (κ1) is 26.8. The van der Waals surface area contributed by atoms with Crippen molar-refractivity contribution in [3.63, 3.8) is 0 Å². The molecule has 2 heterocycles. The lowest BCUT2D eigenvalue weighted by Crippen LogP contribution is -2.42. The SMILES string of the molecule is Cc1ccc(Br)cc1C(=O)N(C)CC(=O)N1CCCC(O)(c2cn(-c3ccc(Br)cc3Cl)nn2)CC1. The number of aromatic nitrogens is 3. The van der Waals surface area contributed by atoms with Crippen LogP contribution in [-0.2, 0) is 10.4 Å². The molecule has 0 spiro atoms. The van der Waals surface area contributed by atoms with E-state index in [0.717, 1.165) is 14.5 Å². The molecular formula is C25H26Br2ClN5O3. The Hall–Kier alpha value is -2.27. The molecule has 0 saturated carbocycles. The van der Waals surface area contributed by atoms with Crippen molar-refractivity contribution in [2.75, 3.05) is 26.7 Å². The van der Waals surface area contributed by atoms with Gasteiger partial charge in [-0.25, -0.2) is 4.68 Å². The van der Waals surface area contributed by atoms with Gasteiger partial charge in [-0.1, -0.05) is 54.7 Å². The molecule has 1 N–H and O–H groups in total. The second-order valence-electron chi connectivity index (χ2n) is 9.03. The quantitative estimate of drug-likeness (QED) is 0.436. The van der Waals surface area contributed by atoms with Crippen molar-refractivity contribution in [3.8, 4) is 5.69 Å². The number of likely N-dealkylation sites (N-methyl/N-ethyl adjacent to an activating group) is 1. The maximum atomic E-state index is 13.0. The van der Waals surface area contributed by atoms with Crippen molar-refractivity contribution in [2.24, 2.45) is 0 Å². The largest absolute Gasteiger partial charge is 0.383 e. The number of carbonyl (C=O) groups excluding carboxylic acids is 2. The Labute approximate surface area is 231 Å². The highest BCUT2D eigenvalue weighted by molar-refractivity contribution is 9.10. The number of aliphatic hydroxyl groups is 1. The van der Waals surface area contributed by atoms with Crippen LogP contribution >= 0.6 is 43.5 Å². The van der Waals surface area contributed by atoms with E-state index in [4.69, 9.17) is 11.6 Å². The van der Waals surface area contributed by atoms with E-state index >= 15 is 0 Å². The van der Waals surface area contributed by atoms with Crippen LogP contribution < -0.4 is 0 Å². The maximum Gasteiger partial charge on any atom is 0.254 e. The summed E-state index contributed by atoms with van der Waals surface area (Å²) in [6, 6.07) is 10.9. The van der Waals surface area contributed by atoms with Crippen LogP contribution in [0, 0.1) is 6.92 Å². The number of nitrogens with zero attached hydrogens (tertiary/aromatic N) is 5. The van der Waals surface area contributed by atoms with Gasteiger partial charge in [0.1, 0.15) is 11.3 Å². The molecule has 0 radical (unpaired) electrons. The highest BCUT2D eigenvalue weighted by Crippen LogP contribution is 2.33. The van der Waals surface area contributed by atoms with Crippen LogP contribution in [0.25, 0.3) is 5.69 Å². The summed E-state index contributed by atoms with van der Waals surface area (Å²) in [4.78, 5) is 29.1. The number of benzene rings is 2. The van der Waals surface area contributed by atoms with E-state index in [-0.39, 0.29) is 18.4 Å². The number of aryl methyl sites for hydroxylation is 1. The summed E-state index contributed by atoms with van der Waals surface area (Å²) in [5.41, 5.74) is 1.28. The minimum absolute atomic E-state index is 0.0402. The Balaban J connectivity index is 1.41. The molecule has 1 fully saturated rings. The smallest absolute Gasteiger partial charge is 0.254 e. The predicted octanol–water partition coefficient (Wildman–Crippen LogP) is 4.73. The van der Waals surface area contributed by atoms with E-state index in [1.54, 1.807) is 35.0 Å². The third-order valence-electron chi connectivity index (χ3n) is 6.44. The maximum absolute atomic E-state index is 13.0. The first-order valence-electron chi connectivity index (χ1n) is 11.5. The third kappa shape index (κ3) is 5.82. The van der Waals surface area contributed by atoms with Crippen LogP contribution in [0.4, 0.5) is 0 Å². The van der Waals surface area contributed by atoms with Gasteiger partial charge >= 0.3 is 0 Å². The van der Waals surface area contributed by atoms with Gasteiger partial charge < -0.3 is 14.9 Å². The standard InChI is InChI=1S/C25H26Br2ClN5O3/c1-16-4-5-17(26)12-19(16)24(35)31(2)15-23(34)32-10-3-8-25(36,9-11-32)22-14-33(30-29-22)21-7-6-18(27)13-20(21)28/h4-7,12-14,36H,3,8-11,15H2,1-2H3. The number of halogens is 3. The van der Waals surface area contributed by atoms with Crippen LogP contribution in [0.3, 0.4) is 0 Å². The summed E-state index contributed by atoms with van der Waals surface area (Å²) in [6.45, 7) is 2.66. The van der Waals surface area contributed by atoms with Crippen molar-refractivity contribution in [2.45, 2.75) is 31.8 Å². The van der Waals surface area contributed by atoms with Crippen LogP contribution in [0.1, 0.15) is 40.9 Å². The van der Waals surface area contributed by atoms with E-state index in [1.165, 1.54) is 4.90 Å². The molecule has 1 aliphatic rings. The summed E-state index contributed by atoms with van der Waals surface area (Å²) >= 11 is 13.1. The number of likely N-dealkylation sites (tertiary alicyclic amines) is 1.